The Labute approximate surface area is 102 Å². The van der Waals surface area contributed by atoms with Crippen LogP contribution in [0, 0.1) is 0 Å². The van der Waals surface area contributed by atoms with Gasteiger partial charge in [-0.15, -0.1) is 23.4 Å². The van der Waals surface area contributed by atoms with Crippen LogP contribution < -0.4 is 0 Å². The van der Waals surface area contributed by atoms with E-state index in [0.29, 0.717) is 17.6 Å². The van der Waals surface area contributed by atoms with E-state index in [4.69, 9.17) is 16.1 Å². The zero-order chi connectivity index (χ0) is 11.0. The van der Waals surface area contributed by atoms with Crippen LogP contribution in [0.2, 0.25) is 0 Å². The number of rotatable bonds is 2. The van der Waals surface area contributed by atoms with Crippen LogP contribution in [0.5, 0.6) is 0 Å². The first-order valence-corrected chi connectivity index (χ1v) is 6.41. The average Bonchev–Trinajstić information content (AvgIpc) is 2.95. The van der Waals surface area contributed by atoms with Gasteiger partial charge >= 0.3 is 0 Å². The average molecular weight is 253 g/mol. The largest absolute Gasteiger partial charge is 0.338 e. The van der Waals surface area contributed by atoms with Crippen LogP contribution in [0.25, 0.3) is 0 Å². The summed E-state index contributed by atoms with van der Waals surface area (Å²) >= 11 is 7.42. The molecule has 0 saturated carbocycles. The molecule has 1 aromatic heterocycles. The summed E-state index contributed by atoms with van der Waals surface area (Å²) in [7, 11) is 0. The van der Waals surface area contributed by atoms with Crippen LogP contribution in [-0.2, 0) is 12.3 Å². The minimum absolute atomic E-state index is 0.238. The van der Waals surface area contributed by atoms with Crippen molar-refractivity contribution in [2.75, 3.05) is 0 Å². The molecule has 2 aromatic rings. The third-order valence-electron chi connectivity index (χ3n) is 2.53. The number of alkyl halides is 1. The molecule has 0 aliphatic carbocycles. The van der Waals surface area contributed by atoms with Crippen LogP contribution in [0.1, 0.15) is 22.5 Å². The summed E-state index contributed by atoms with van der Waals surface area (Å²) in [4.78, 5) is 5.57. The monoisotopic (exact) mass is 252 g/mol. The standard InChI is InChI=1S/C11H9ClN2OS/c12-6-10-13-11(15-14-10)9-5-7-3-1-2-4-8(7)16-9/h1-4,9H,5-6H2. The first-order valence-electron chi connectivity index (χ1n) is 5.00. The molecule has 1 unspecified atom stereocenters. The zero-order valence-electron chi connectivity index (χ0n) is 8.39. The quantitative estimate of drug-likeness (QED) is 0.770. The Hall–Kier alpha value is -1.00. The predicted molar refractivity (Wildman–Crippen MR) is 62.6 cm³/mol. The first-order chi connectivity index (χ1) is 7.86. The fourth-order valence-electron chi connectivity index (χ4n) is 1.77. The summed E-state index contributed by atoms with van der Waals surface area (Å²) < 4.78 is 5.20. The molecule has 0 radical (unpaired) electrons. The van der Waals surface area contributed by atoms with E-state index in [9.17, 15) is 0 Å². The van der Waals surface area contributed by atoms with Crippen molar-refractivity contribution in [3.63, 3.8) is 0 Å². The fourth-order valence-corrected chi connectivity index (χ4v) is 3.11. The molecule has 1 aliphatic rings. The lowest BCUT2D eigenvalue weighted by atomic mass is 10.1. The summed E-state index contributed by atoms with van der Waals surface area (Å²) in [6.45, 7) is 0. The Bertz CT molecular complexity index is 489. The topological polar surface area (TPSA) is 38.9 Å². The van der Waals surface area contributed by atoms with Gasteiger partial charge in [-0.25, -0.2) is 0 Å². The van der Waals surface area contributed by atoms with Crippen molar-refractivity contribution in [1.82, 2.24) is 10.1 Å². The Morgan fingerprint density at radius 1 is 1.44 bits per heavy atom. The van der Waals surface area contributed by atoms with Gasteiger partial charge in [0.1, 0.15) is 0 Å². The molecule has 5 heteroatoms. The van der Waals surface area contributed by atoms with Gasteiger partial charge in [-0.05, 0) is 18.1 Å². The van der Waals surface area contributed by atoms with Gasteiger partial charge in [-0.1, -0.05) is 23.4 Å². The van der Waals surface area contributed by atoms with Crippen molar-refractivity contribution in [2.24, 2.45) is 0 Å². The molecule has 0 spiro atoms. The lowest BCUT2D eigenvalue weighted by Gasteiger charge is -1.99. The van der Waals surface area contributed by atoms with Crippen molar-refractivity contribution < 1.29 is 4.52 Å². The number of thioether (sulfide) groups is 1. The molecule has 1 aliphatic heterocycles. The van der Waals surface area contributed by atoms with Crippen LogP contribution in [0.3, 0.4) is 0 Å². The molecule has 82 valence electrons. The Kier molecular flexibility index (Phi) is 2.61. The van der Waals surface area contributed by atoms with Crippen LogP contribution >= 0.6 is 23.4 Å². The van der Waals surface area contributed by atoms with Gasteiger partial charge in [0.25, 0.3) is 0 Å². The summed E-state index contributed by atoms with van der Waals surface area (Å²) in [6, 6.07) is 8.37. The minimum atomic E-state index is 0.238. The van der Waals surface area contributed by atoms with E-state index in [1.54, 1.807) is 11.8 Å². The second-order valence-corrected chi connectivity index (χ2v) is 5.11. The molecule has 16 heavy (non-hydrogen) atoms. The van der Waals surface area contributed by atoms with Crippen molar-refractivity contribution in [1.29, 1.82) is 0 Å². The maximum Gasteiger partial charge on any atom is 0.240 e. The van der Waals surface area contributed by atoms with Gasteiger partial charge in [0, 0.05) is 4.90 Å². The first kappa shape index (κ1) is 10.2. The molecule has 0 saturated heterocycles. The second-order valence-electron chi connectivity index (χ2n) is 3.60. The Morgan fingerprint density at radius 2 is 2.31 bits per heavy atom. The number of hydrogen-bond donors (Lipinski definition) is 0. The van der Waals surface area contributed by atoms with E-state index < -0.39 is 0 Å². The highest BCUT2D eigenvalue weighted by atomic mass is 35.5. The van der Waals surface area contributed by atoms with E-state index in [2.05, 4.69) is 28.3 Å². The summed E-state index contributed by atoms with van der Waals surface area (Å²) in [6.07, 6.45) is 0.949. The normalized spacial score (nSPS) is 18.7. The number of nitrogens with zero attached hydrogens (tertiary/aromatic N) is 2. The Balaban J connectivity index is 1.85. The van der Waals surface area contributed by atoms with Gasteiger partial charge in [-0.3, -0.25) is 0 Å². The molecule has 0 N–H and O–H groups in total. The lowest BCUT2D eigenvalue weighted by molar-refractivity contribution is 0.373. The number of halogens is 1. The zero-order valence-corrected chi connectivity index (χ0v) is 9.96. The molecule has 0 amide bonds. The molecular weight excluding hydrogens is 244 g/mol. The maximum atomic E-state index is 5.64. The highest BCUT2D eigenvalue weighted by molar-refractivity contribution is 7.99. The molecule has 3 rings (SSSR count). The van der Waals surface area contributed by atoms with Crippen molar-refractivity contribution in [2.45, 2.75) is 22.4 Å². The number of benzene rings is 1. The summed E-state index contributed by atoms with van der Waals surface area (Å²) in [5.41, 5.74) is 1.35. The predicted octanol–water partition coefficient (Wildman–Crippen LogP) is 3.20. The van der Waals surface area contributed by atoms with Crippen molar-refractivity contribution in [3.05, 3.63) is 41.5 Å². The number of aromatic nitrogens is 2. The van der Waals surface area contributed by atoms with Gasteiger partial charge in [0.05, 0.1) is 11.1 Å². The smallest absolute Gasteiger partial charge is 0.240 e. The van der Waals surface area contributed by atoms with Crippen LogP contribution in [-0.4, -0.2) is 10.1 Å². The highest BCUT2D eigenvalue weighted by Gasteiger charge is 2.27. The van der Waals surface area contributed by atoms with Gasteiger partial charge in [0.15, 0.2) is 5.82 Å². The van der Waals surface area contributed by atoms with Gasteiger partial charge in [0.2, 0.25) is 5.89 Å². The van der Waals surface area contributed by atoms with E-state index >= 15 is 0 Å². The number of fused-ring (bicyclic) bond motifs is 1. The second kappa shape index (κ2) is 4.11. The van der Waals surface area contributed by atoms with E-state index in [-0.39, 0.29) is 5.25 Å². The summed E-state index contributed by atoms with van der Waals surface area (Å²) in [5, 5.41) is 4.05. The molecule has 1 aromatic carbocycles. The number of hydrogen-bond acceptors (Lipinski definition) is 4. The van der Waals surface area contributed by atoms with Gasteiger partial charge < -0.3 is 4.52 Å². The maximum absolute atomic E-state index is 5.64. The van der Waals surface area contributed by atoms with Crippen LogP contribution in [0.4, 0.5) is 0 Å². The minimum Gasteiger partial charge on any atom is -0.338 e. The van der Waals surface area contributed by atoms with Crippen LogP contribution in [0.15, 0.2) is 33.7 Å². The molecule has 0 bridgehead atoms. The third kappa shape index (κ3) is 1.72. The Morgan fingerprint density at radius 3 is 3.06 bits per heavy atom. The third-order valence-corrected chi connectivity index (χ3v) is 4.07. The fraction of sp³-hybridized carbons (Fsp3) is 0.273. The lowest BCUT2D eigenvalue weighted by Crippen LogP contribution is -1.92. The molecular formula is C11H9ClN2OS. The van der Waals surface area contributed by atoms with Gasteiger partial charge in [-0.2, -0.15) is 4.98 Å². The van der Waals surface area contributed by atoms with E-state index in [1.807, 2.05) is 6.07 Å². The van der Waals surface area contributed by atoms with Crippen molar-refractivity contribution in [3.8, 4) is 0 Å². The molecule has 2 heterocycles. The van der Waals surface area contributed by atoms with Crippen molar-refractivity contribution >= 4 is 23.4 Å². The molecule has 0 fully saturated rings. The molecule has 1 atom stereocenters. The SMILES string of the molecule is ClCc1noc(C2Cc3ccccc3S2)n1. The highest BCUT2D eigenvalue weighted by Crippen LogP contribution is 2.45. The molecule has 3 nitrogen and oxygen atoms in total. The summed E-state index contributed by atoms with van der Waals surface area (Å²) in [5.74, 6) is 1.54. The van der Waals surface area contributed by atoms with E-state index in [1.165, 1.54) is 10.5 Å². The van der Waals surface area contributed by atoms with E-state index in [0.717, 1.165) is 6.42 Å².